The molecule has 0 aliphatic rings. The Hall–Kier alpha value is -1.16. The molecular weight excluding hydrogens is 251 g/mol. The predicted molar refractivity (Wildman–Crippen MR) is 55.2 cm³/mol. The van der Waals surface area contributed by atoms with Crippen LogP contribution in [-0.4, -0.2) is 13.1 Å². The lowest BCUT2D eigenvalue weighted by Crippen LogP contribution is -1.93. The van der Waals surface area contributed by atoms with E-state index >= 15 is 0 Å². The first-order chi connectivity index (χ1) is 6.63. The van der Waals surface area contributed by atoms with E-state index in [1.807, 2.05) is 0 Å². The fourth-order valence-corrected chi connectivity index (χ4v) is 1.35. The van der Waals surface area contributed by atoms with Crippen molar-refractivity contribution in [1.29, 1.82) is 0 Å². The molecule has 14 heavy (non-hydrogen) atoms. The van der Waals surface area contributed by atoms with E-state index in [2.05, 4.69) is 20.7 Å². The van der Waals surface area contributed by atoms with Crippen molar-refractivity contribution in [2.24, 2.45) is 0 Å². The third-order valence-electron chi connectivity index (χ3n) is 1.56. The Morgan fingerprint density at radius 2 is 2.29 bits per heavy atom. The number of halogens is 2. The largest absolute Gasteiger partial charge is 0.466 e. The molecular formula is C10H8BrFO2. The zero-order valence-corrected chi connectivity index (χ0v) is 9.05. The highest BCUT2D eigenvalue weighted by Crippen LogP contribution is 2.19. The molecule has 1 aromatic carbocycles. The second-order valence-corrected chi connectivity index (χ2v) is 3.38. The van der Waals surface area contributed by atoms with Crippen LogP contribution < -0.4 is 0 Å². The van der Waals surface area contributed by atoms with E-state index in [4.69, 9.17) is 0 Å². The minimum Gasteiger partial charge on any atom is -0.466 e. The summed E-state index contributed by atoms with van der Waals surface area (Å²) in [4.78, 5) is 10.8. The average Bonchev–Trinajstić information content (AvgIpc) is 2.16. The minimum atomic E-state index is -0.443. The predicted octanol–water partition coefficient (Wildman–Crippen LogP) is 2.77. The topological polar surface area (TPSA) is 26.3 Å². The molecule has 0 saturated heterocycles. The molecule has 0 amide bonds. The monoisotopic (exact) mass is 258 g/mol. The lowest BCUT2D eigenvalue weighted by atomic mass is 10.2. The van der Waals surface area contributed by atoms with Crippen LogP contribution >= 0.6 is 15.9 Å². The van der Waals surface area contributed by atoms with Gasteiger partial charge in [-0.25, -0.2) is 9.18 Å². The van der Waals surface area contributed by atoms with E-state index in [0.29, 0.717) is 4.47 Å². The van der Waals surface area contributed by atoms with Crippen LogP contribution in [0.5, 0.6) is 0 Å². The van der Waals surface area contributed by atoms with Gasteiger partial charge in [0.15, 0.2) is 0 Å². The molecule has 0 aliphatic heterocycles. The number of hydrogen-bond acceptors (Lipinski definition) is 2. The molecule has 0 spiro atoms. The molecule has 1 aromatic rings. The minimum absolute atomic E-state index is 0.327. The van der Waals surface area contributed by atoms with Gasteiger partial charge in [-0.2, -0.15) is 0 Å². The number of rotatable bonds is 2. The van der Waals surface area contributed by atoms with Crippen molar-refractivity contribution < 1.29 is 13.9 Å². The molecule has 0 N–H and O–H groups in total. The average molecular weight is 259 g/mol. The van der Waals surface area contributed by atoms with Gasteiger partial charge in [-0.3, -0.25) is 0 Å². The van der Waals surface area contributed by atoms with Crippen molar-refractivity contribution in [3.05, 3.63) is 40.1 Å². The summed E-state index contributed by atoms with van der Waals surface area (Å²) in [6, 6.07) is 4.22. The molecule has 0 atom stereocenters. The van der Waals surface area contributed by atoms with Crippen molar-refractivity contribution in [3.8, 4) is 0 Å². The third kappa shape index (κ3) is 2.96. The van der Waals surface area contributed by atoms with E-state index < -0.39 is 5.97 Å². The standard InChI is InChI=1S/C10H8BrFO2/c1-14-10(13)5-3-7-2-4-8(12)6-9(7)11/h2-6H,1H3. The molecule has 0 radical (unpaired) electrons. The van der Waals surface area contributed by atoms with Gasteiger partial charge in [0.2, 0.25) is 0 Å². The molecule has 0 aliphatic carbocycles. The Morgan fingerprint density at radius 3 is 2.86 bits per heavy atom. The van der Waals surface area contributed by atoms with Gasteiger partial charge in [0.05, 0.1) is 7.11 Å². The molecule has 74 valence electrons. The molecule has 0 aromatic heterocycles. The Balaban J connectivity index is 2.87. The summed E-state index contributed by atoms with van der Waals surface area (Å²) in [6.45, 7) is 0. The van der Waals surface area contributed by atoms with Crippen molar-refractivity contribution in [2.45, 2.75) is 0 Å². The van der Waals surface area contributed by atoms with Crippen LogP contribution in [0.15, 0.2) is 28.7 Å². The third-order valence-corrected chi connectivity index (χ3v) is 2.25. The molecule has 0 heterocycles. The SMILES string of the molecule is COC(=O)C=Cc1ccc(F)cc1Br. The van der Waals surface area contributed by atoms with Crippen LogP contribution in [0.25, 0.3) is 6.08 Å². The van der Waals surface area contributed by atoms with Crippen LogP contribution in [0.4, 0.5) is 4.39 Å². The van der Waals surface area contributed by atoms with Gasteiger partial charge in [-0.15, -0.1) is 0 Å². The van der Waals surface area contributed by atoms with Gasteiger partial charge in [-0.1, -0.05) is 22.0 Å². The van der Waals surface area contributed by atoms with Gasteiger partial charge in [0.25, 0.3) is 0 Å². The zero-order valence-electron chi connectivity index (χ0n) is 7.46. The highest BCUT2D eigenvalue weighted by molar-refractivity contribution is 9.10. The molecule has 4 heteroatoms. The molecule has 0 unspecified atom stereocenters. The smallest absolute Gasteiger partial charge is 0.330 e. The first kappa shape index (κ1) is 10.9. The van der Waals surface area contributed by atoms with Gasteiger partial charge in [0, 0.05) is 10.5 Å². The Kier molecular flexibility index (Phi) is 3.83. The second kappa shape index (κ2) is 4.91. The fourth-order valence-electron chi connectivity index (χ4n) is 0.863. The first-order valence-electron chi connectivity index (χ1n) is 3.84. The van der Waals surface area contributed by atoms with Gasteiger partial charge >= 0.3 is 5.97 Å². The quantitative estimate of drug-likeness (QED) is 0.603. The van der Waals surface area contributed by atoms with Crippen molar-refractivity contribution >= 4 is 28.0 Å². The number of carbonyl (C=O) groups excluding carboxylic acids is 1. The summed E-state index contributed by atoms with van der Waals surface area (Å²) in [7, 11) is 1.30. The second-order valence-electron chi connectivity index (χ2n) is 2.52. The number of methoxy groups -OCH3 is 1. The summed E-state index contributed by atoms with van der Waals surface area (Å²) >= 11 is 3.18. The van der Waals surface area contributed by atoms with Crippen LogP contribution in [0, 0.1) is 5.82 Å². The molecule has 1 rings (SSSR count). The molecule has 0 bridgehead atoms. The van der Waals surface area contributed by atoms with E-state index in [-0.39, 0.29) is 5.82 Å². The van der Waals surface area contributed by atoms with E-state index in [9.17, 15) is 9.18 Å². The highest BCUT2D eigenvalue weighted by Gasteiger charge is 1.98. The summed E-state index contributed by atoms with van der Waals surface area (Å²) < 4.78 is 17.7. The van der Waals surface area contributed by atoms with E-state index in [1.165, 1.54) is 25.3 Å². The number of carbonyl (C=O) groups is 1. The van der Waals surface area contributed by atoms with Crippen LogP contribution in [-0.2, 0) is 9.53 Å². The van der Waals surface area contributed by atoms with Crippen molar-refractivity contribution in [1.82, 2.24) is 0 Å². The Labute approximate surface area is 89.5 Å². The Bertz CT molecular complexity index is 374. The summed E-state index contributed by atoms with van der Waals surface area (Å²) in [5.41, 5.74) is 0.719. The number of ether oxygens (including phenoxy) is 1. The van der Waals surface area contributed by atoms with E-state index in [0.717, 1.165) is 5.56 Å². The lowest BCUT2D eigenvalue weighted by Gasteiger charge is -1.97. The van der Waals surface area contributed by atoms with Crippen LogP contribution in [0.1, 0.15) is 5.56 Å². The van der Waals surface area contributed by atoms with Crippen LogP contribution in [0.3, 0.4) is 0 Å². The molecule has 0 fully saturated rings. The van der Waals surface area contributed by atoms with Gasteiger partial charge < -0.3 is 4.74 Å². The summed E-state index contributed by atoms with van der Waals surface area (Å²) in [5.74, 6) is -0.770. The normalized spacial score (nSPS) is 10.5. The maximum atomic E-state index is 12.7. The lowest BCUT2D eigenvalue weighted by molar-refractivity contribution is -0.134. The molecule has 2 nitrogen and oxygen atoms in total. The zero-order chi connectivity index (χ0) is 10.6. The van der Waals surface area contributed by atoms with Crippen LogP contribution in [0.2, 0.25) is 0 Å². The summed E-state index contributed by atoms with van der Waals surface area (Å²) in [5, 5.41) is 0. The Morgan fingerprint density at radius 1 is 1.57 bits per heavy atom. The summed E-state index contributed by atoms with van der Waals surface area (Å²) in [6.07, 6.45) is 2.83. The highest BCUT2D eigenvalue weighted by atomic mass is 79.9. The maximum Gasteiger partial charge on any atom is 0.330 e. The van der Waals surface area contributed by atoms with Gasteiger partial charge in [0.1, 0.15) is 5.82 Å². The van der Waals surface area contributed by atoms with Crippen molar-refractivity contribution in [2.75, 3.05) is 7.11 Å². The van der Waals surface area contributed by atoms with Crippen molar-refractivity contribution in [3.63, 3.8) is 0 Å². The number of esters is 1. The first-order valence-corrected chi connectivity index (χ1v) is 4.64. The van der Waals surface area contributed by atoms with E-state index in [1.54, 1.807) is 12.1 Å². The number of benzene rings is 1. The fraction of sp³-hybridized carbons (Fsp3) is 0.100. The maximum absolute atomic E-state index is 12.7. The van der Waals surface area contributed by atoms with Gasteiger partial charge in [-0.05, 0) is 23.8 Å². The molecule has 0 saturated carbocycles. The number of hydrogen-bond donors (Lipinski definition) is 0.